The van der Waals surface area contributed by atoms with Crippen molar-refractivity contribution in [2.24, 2.45) is 0 Å². The van der Waals surface area contributed by atoms with E-state index in [9.17, 15) is 18.0 Å². The molecule has 1 unspecified atom stereocenters. The van der Waals surface area contributed by atoms with E-state index < -0.39 is 28.5 Å². The average Bonchev–Trinajstić information content (AvgIpc) is 2.72. The van der Waals surface area contributed by atoms with Crippen LogP contribution in [0.3, 0.4) is 0 Å². The van der Waals surface area contributed by atoms with Crippen molar-refractivity contribution in [1.82, 2.24) is 20.6 Å². The molecule has 3 fully saturated rings. The van der Waals surface area contributed by atoms with Gasteiger partial charge in [0.25, 0.3) is 0 Å². The van der Waals surface area contributed by atoms with E-state index in [1.165, 1.54) is 4.90 Å². The molecule has 0 aliphatic carbocycles. The Bertz CT molecular complexity index is 604. The summed E-state index contributed by atoms with van der Waals surface area (Å²) in [6.07, 6.45) is 3.57. The average molecular weight is 362 g/mol. The maximum Gasteiger partial charge on any atom is 0.418 e. The van der Waals surface area contributed by atoms with E-state index in [2.05, 4.69) is 14.9 Å². The summed E-state index contributed by atoms with van der Waals surface area (Å²) in [6, 6.07) is -1.75. The quantitative estimate of drug-likeness (QED) is 0.561. The molecule has 0 saturated carbocycles. The van der Waals surface area contributed by atoms with Gasteiger partial charge in [-0.3, -0.25) is 9.35 Å². The van der Waals surface area contributed by atoms with Crippen molar-refractivity contribution in [2.45, 2.75) is 50.2 Å². The zero-order valence-corrected chi connectivity index (χ0v) is 14.0. The third-order valence-electron chi connectivity index (χ3n) is 4.72. The number of carbonyl (C=O) groups is 2. The number of nitrogens with one attached hydrogen (secondary N) is 2. The Morgan fingerprint density at radius 2 is 2.04 bits per heavy atom. The van der Waals surface area contributed by atoms with Gasteiger partial charge in [0, 0.05) is 12.6 Å². The van der Waals surface area contributed by atoms with E-state index in [0.29, 0.717) is 17.9 Å². The number of hydrogen-bond donors (Lipinski definition) is 3. The van der Waals surface area contributed by atoms with E-state index in [0.717, 1.165) is 32.4 Å². The van der Waals surface area contributed by atoms with Crippen LogP contribution in [0.25, 0.3) is 0 Å². The van der Waals surface area contributed by atoms with Gasteiger partial charge in [-0.2, -0.15) is 13.5 Å². The number of nitrogens with zero attached hydrogens (tertiary/aromatic N) is 2. The van der Waals surface area contributed by atoms with Crippen molar-refractivity contribution in [3.63, 3.8) is 0 Å². The summed E-state index contributed by atoms with van der Waals surface area (Å²) in [5.74, 6) is -0.220. The van der Waals surface area contributed by atoms with Crippen molar-refractivity contribution in [1.29, 1.82) is 0 Å². The number of amides is 3. The van der Waals surface area contributed by atoms with E-state index >= 15 is 0 Å². The van der Waals surface area contributed by atoms with Crippen molar-refractivity contribution < 1.29 is 26.8 Å². The molecule has 0 aromatic heterocycles. The summed E-state index contributed by atoms with van der Waals surface area (Å²) < 4.78 is 34.9. The van der Waals surface area contributed by atoms with Crippen molar-refractivity contribution >= 4 is 22.3 Å². The third kappa shape index (κ3) is 3.79. The summed E-state index contributed by atoms with van der Waals surface area (Å²) in [5.41, 5.74) is 0. The molecule has 0 spiro atoms. The Labute approximate surface area is 140 Å². The highest BCUT2D eigenvalue weighted by Gasteiger charge is 2.49. The molecule has 0 aromatic rings. The van der Waals surface area contributed by atoms with Crippen LogP contribution in [0.5, 0.6) is 0 Å². The van der Waals surface area contributed by atoms with Crippen LogP contribution in [0.1, 0.15) is 32.1 Å². The highest BCUT2D eigenvalue weighted by molar-refractivity contribution is 7.80. The highest BCUT2D eigenvalue weighted by Crippen LogP contribution is 2.30. The summed E-state index contributed by atoms with van der Waals surface area (Å²) in [5, 5.41) is 6.92. The van der Waals surface area contributed by atoms with Gasteiger partial charge in [0.2, 0.25) is 5.91 Å². The molecular formula is C13H22N4O6S. The first kappa shape index (κ1) is 17.4. The van der Waals surface area contributed by atoms with Gasteiger partial charge in [-0.25, -0.2) is 4.79 Å². The van der Waals surface area contributed by atoms with E-state index in [-0.39, 0.29) is 18.5 Å². The fourth-order valence-corrected chi connectivity index (χ4v) is 3.95. The molecule has 3 rings (SSSR count). The second-order valence-electron chi connectivity index (χ2n) is 6.40. The van der Waals surface area contributed by atoms with Gasteiger partial charge >= 0.3 is 16.4 Å². The molecule has 3 aliphatic heterocycles. The van der Waals surface area contributed by atoms with Crippen LogP contribution >= 0.6 is 0 Å². The van der Waals surface area contributed by atoms with Crippen molar-refractivity contribution in [2.75, 3.05) is 19.6 Å². The van der Waals surface area contributed by atoms with Crippen molar-refractivity contribution in [3.8, 4) is 0 Å². The molecular weight excluding hydrogens is 340 g/mol. The molecule has 3 amide bonds. The van der Waals surface area contributed by atoms with Gasteiger partial charge in [0.1, 0.15) is 6.04 Å². The number of urea groups is 1. The molecule has 3 aliphatic rings. The monoisotopic (exact) mass is 362 g/mol. The molecule has 3 N–H and O–H groups in total. The number of piperidine rings is 1. The van der Waals surface area contributed by atoms with Crippen LogP contribution in [0.4, 0.5) is 4.79 Å². The minimum atomic E-state index is -4.77. The number of hydrogen-bond acceptors (Lipinski definition) is 6. The third-order valence-corrected chi connectivity index (χ3v) is 5.07. The molecule has 136 valence electrons. The first-order chi connectivity index (χ1) is 11.3. The van der Waals surface area contributed by atoms with E-state index in [1.807, 2.05) is 0 Å². The maximum absolute atomic E-state index is 12.6. The smallest absolute Gasteiger partial charge is 0.352 e. The normalized spacial score (nSPS) is 31.0. The lowest BCUT2D eigenvalue weighted by Gasteiger charge is -2.30. The lowest BCUT2D eigenvalue weighted by atomic mass is 9.99. The van der Waals surface area contributed by atoms with Crippen LogP contribution in [0.2, 0.25) is 0 Å². The van der Waals surface area contributed by atoms with Gasteiger partial charge in [-0.1, -0.05) is 0 Å². The Kier molecular flexibility index (Phi) is 4.95. The predicted octanol–water partition coefficient (Wildman–Crippen LogP) is -0.752. The fourth-order valence-electron chi connectivity index (χ4n) is 3.56. The first-order valence-corrected chi connectivity index (χ1v) is 9.49. The molecule has 3 atom stereocenters. The Morgan fingerprint density at radius 1 is 1.25 bits per heavy atom. The van der Waals surface area contributed by atoms with Crippen LogP contribution in [0, 0.1) is 0 Å². The lowest BCUT2D eigenvalue weighted by Crippen LogP contribution is -2.52. The Morgan fingerprint density at radius 3 is 2.79 bits per heavy atom. The largest absolute Gasteiger partial charge is 0.418 e. The summed E-state index contributed by atoms with van der Waals surface area (Å²) >= 11 is 0. The molecule has 11 heteroatoms. The van der Waals surface area contributed by atoms with Crippen molar-refractivity contribution in [3.05, 3.63) is 0 Å². The second kappa shape index (κ2) is 6.82. The number of rotatable bonds is 4. The second-order valence-corrected chi connectivity index (χ2v) is 7.40. The molecule has 0 aromatic carbocycles. The number of carbonyl (C=O) groups excluding carboxylic acids is 2. The van der Waals surface area contributed by atoms with Gasteiger partial charge in [0.05, 0.1) is 6.04 Å². The van der Waals surface area contributed by atoms with Crippen LogP contribution < -0.4 is 10.6 Å². The zero-order valence-electron chi connectivity index (χ0n) is 13.2. The zero-order chi connectivity index (χ0) is 17.3. The van der Waals surface area contributed by atoms with Crippen LogP contribution in [-0.2, 0) is 19.5 Å². The maximum atomic E-state index is 12.6. The standard InChI is InChI=1S/C13H22N4O6S/c18-12(15-9-2-1-6-14-7-5-9)11-4-3-10-8-16(11)13(19)17(10)23-24(20,21)22/h9-11,14H,1-8H2,(H,15,18)(H,20,21,22)/t9-,10?,11-/m0/s1. The summed E-state index contributed by atoms with van der Waals surface area (Å²) in [4.78, 5) is 26.1. The number of hydroxylamine groups is 2. The highest BCUT2D eigenvalue weighted by atomic mass is 32.3. The molecule has 24 heavy (non-hydrogen) atoms. The fraction of sp³-hybridized carbons (Fsp3) is 0.846. The minimum absolute atomic E-state index is 0.0769. The van der Waals surface area contributed by atoms with Crippen LogP contribution in [0.15, 0.2) is 0 Å². The summed E-state index contributed by atoms with van der Waals surface area (Å²) in [7, 11) is -4.77. The molecule has 3 heterocycles. The minimum Gasteiger partial charge on any atom is -0.352 e. The topological polar surface area (TPSA) is 128 Å². The van der Waals surface area contributed by atoms with E-state index in [1.54, 1.807) is 0 Å². The van der Waals surface area contributed by atoms with Gasteiger partial charge in [-0.15, -0.1) is 4.28 Å². The molecule has 3 saturated heterocycles. The Balaban J connectivity index is 1.63. The first-order valence-electron chi connectivity index (χ1n) is 8.13. The van der Waals surface area contributed by atoms with E-state index in [4.69, 9.17) is 4.55 Å². The predicted molar refractivity (Wildman–Crippen MR) is 82.0 cm³/mol. The molecule has 10 nitrogen and oxygen atoms in total. The lowest BCUT2D eigenvalue weighted by molar-refractivity contribution is -0.126. The van der Waals surface area contributed by atoms with Gasteiger partial charge < -0.3 is 15.5 Å². The Hall–Kier alpha value is -1.43. The van der Waals surface area contributed by atoms with Gasteiger partial charge in [-0.05, 0) is 45.2 Å². The SMILES string of the molecule is O=C(N[C@H]1CCCNCC1)[C@@H]1CCC2CN1C(=O)N2OS(=O)(=O)O. The van der Waals surface area contributed by atoms with Crippen LogP contribution in [-0.4, -0.2) is 72.6 Å². The van der Waals surface area contributed by atoms with Gasteiger partial charge in [0.15, 0.2) is 0 Å². The summed E-state index contributed by atoms with van der Waals surface area (Å²) in [6.45, 7) is 1.99. The molecule has 0 radical (unpaired) electrons. The number of fused-ring (bicyclic) bond motifs is 2. The molecule has 2 bridgehead atoms.